The van der Waals surface area contributed by atoms with Gasteiger partial charge in [-0.3, -0.25) is 0 Å². The zero-order chi connectivity index (χ0) is 15.7. The van der Waals surface area contributed by atoms with Gasteiger partial charge in [0.15, 0.2) is 0 Å². The maximum Gasteiger partial charge on any atom is 0.317 e. The molecule has 1 atom stereocenters. The number of nitrogens with zero attached hydrogens (tertiary/aromatic N) is 2. The Balaban J connectivity index is 2.23. The molecule has 0 aliphatic rings. The van der Waals surface area contributed by atoms with Gasteiger partial charge in [-0.25, -0.2) is 4.79 Å². The van der Waals surface area contributed by atoms with Crippen molar-refractivity contribution >= 4 is 6.03 Å². The second-order valence-electron chi connectivity index (χ2n) is 5.53. The van der Waals surface area contributed by atoms with Gasteiger partial charge < -0.3 is 20.2 Å². The van der Waals surface area contributed by atoms with Crippen LogP contribution in [0.2, 0.25) is 0 Å². The summed E-state index contributed by atoms with van der Waals surface area (Å²) in [6.45, 7) is 2.15. The second-order valence-corrected chi connectivity index (χ2v) is 5.53. The molecule has 1 aromatic rings. The van der Waals surface area contributed by atoms with Crippen LogP contribution in [0.25, 0.3) is 0 Å². The Morgan fingerprint density at radius 3 is 2.48 bits per heavy atom. The number of benzene rings is 1. The fourth-order valence-electron chi connectivity index (χ4n) is 1.98. The van der Waals surface area contributed by atoms with Crippen molar-refractivity contribution in [1.29, 1.82) is 0 Å². The lowest BCUT2D eigenvalue weighted by atomic mass is 10.1. The summed E-state index contributed by atoms with van der Waals surface area (Å²) in [5.41, 5.74) is 0.886. The summed E-state index contributed by atoms with van der Waals surface area (Å²) in [5.74, 6) is 0. The van der Waals surface area contributed by atoms with Crippen LogP contribution in [0.5, 0.6) is 0 Å². The Bertz CT molecular complexity index is 409. The molecule has 0 saturated heterocycles. The summed E-state index contributed by atoms with van der Waals surface area (Å²) in [6, 6.07) is 9.43. The number of carbonyl (C=O) groups is 1. The highest BCUT2D eigenvalue weighted by atomic mass is 16.3. The van der Waals surface area contributed by atoms with E-state index in [1.165, 1.54) is 0 Å². The van der Waals surface area contributed by atoms with Gasteiger partial charge in [0.1, 0.15) is 0 Å². The van der Waals surface area contributed by atoms with E-state index in [1.54, 1.807) is 11.9 Å². The molecule has 5 heteroatoms. The molecule has 2 N–H and O–H groups in total. The van der Waals surface area contributed by atoms with Crippen molar-refractivity contribution < 1.29 is 9.90 Å². The van der Waals surface area contributed by atoms with Gasteiger partial charge in [-0.15, -0.1) is 0 Å². The van der Waals surface area contributed by atoms with Gasteiger partial charge in [0.25, 0.3) is 0 Å². The summed E-state index contributed by atoms with van der Waals surface area (Å²) in [7, 11) is 5.77. The molecule has 21 heavy (non-hydrogen) atoms. The molecule has 0 fully saturated rings. The van der Waals surface area contributed by atoms with Crippen LogP contribution in [0, 0.1) is 0 Å². The first kappa shape index (κ1) is 17.5. The number of hydrogen-bond donors (Lipinski definition) is 2. The van der Waals surface area contributed by atoms with E-state index in [2.05, 4.69) is 10.2 Å². The lowest BCUT2D eigenvalue weighted by Gasteiger charge is -2.20. The van der Waals surface area contributed by atoms with E-state index in [1.807, 2.05) is 44.4 Å². The van der Waals surface area contributed by atoms with Crippen LogP contribution in [0.15, 0.2) is 30.3 Å². The Morgan fingerprint density at radius 2 is 1.86 bits per heavy atom. The van der Waals surface area contributed by atoms with Crippen LogP contribution < -0.4 is 5.32 Å². The second kappa shape index (κ2) is 9.37. The predicted molar refractivity (Wildman–Crippen MR) is 85.2 cm³/mol. The maximum atomic E-state index is 11.9. The lowest BCUT2D eigenvalue weighted by molar-refractivity contribution is 0.150. The van der Waals surface area contributed by atoms with E-state index in [4.69, 9.17) is 0 Å². The van der Waals surface area contributed by atoms with Gasteiger partial charge in [0, 0.05) is 20.1 Å². The molecule has 0 bridgehead atoms. The highest BCUT2D eigenvalue weighted by Gasteiger charge is 2.12. The third kappa shape index (κ3) is 7.11. The van der Waals surface area contributed by atoms with Gasteiger partial charge in [0.05, 0.1) is 6.10 Å². The minimum atomic E-state index is -0.532. The molecule has 0 aromatic heterocycles. The van der Waals surface area contributed by atoms with E-state index >= 15 is 0 Å². The Hall–Kier alpha value is -1.59. The molecule has 0 saturated carbocycles. The topological polar surface area (TPSA) is 55.8 Å². The fourth-order valence-corrected chi connectivity index (χ4v) is 1.98. The molecule has 118 valence electrons. The zero-order valence-corrected chi connectivity index (χ0v) is 13.2. The first-order valence-corrected chi connectivity index (χ1v) is 7.37. The minimum absolute atomic E-state index is 0.0889. The van der Waals surface area contributed by atoms with Crippen LogP contribution in [0.4, 0.5) is 4.79 Å². The van der Waals surface area contributed by atoms with E-state index in [-0.39, 0.29) is 6.03 Å². The van der Waals surface area contributed by atoms with Crippen molar-refractivity contribution in [2.45, 2.75) is 18.9 Å². The third-order valence-electron chi connectivity index (χ3n) is 3.33. The number of nitrogens with one attached hydrogen (secondary N) is 1. The van der Waals surface area contributed by atoms with Crippen molar-refractivity contribution in [3.63, 3.8) is 0 Å². The highest BCUT2D eigenvalue weighted by Crippen LogP contribution is 2.15. The third-order valence-corrected chi connectivity index (χ3v) is 3.33. The lowest BCUT2D eigenvalue weighted by Crippen LogP contribution is -2.39. The summed E-state index contributed by atoms with van der Waals surface area (Å²) < 4.78 is 0. The number of rotatable bonds is 8. The molecule has 1 rings (SSSR count). The minimum Gasteiger partial charge on any atom is -0.388 e. The summed E-state index contributed by atoms with van der Waals surface area (Å²) >= 11 is 0. The van der Waals surface area contributed by atoms with Crippen LogP contribution >= 0.6 is 0 Å². The summed E-state index contributed by atoms with van der Waals surface area (Å²) in [4.78, 5) is 15.6. The predicted octanol–water partition coefficient (Wildman–Crippen LogP) is 1.70. The molecule has 5 nitrogen and oxygen atoms in total. The molecule has 0 heterocycles. The van der Waals surface area contributed by atoms with E-state index in [0.717, 1.165) is 18.5 Å². The molecule has 0 radical (unpaired) electrons. The smallest absolute Gasteiger partial charge is 0.317 e. The Morgan fingerprint density at radius 1 is 1.19 bits per heavy atom. The number of aliphatic hydroxyl groups excluding tert-OH is 1. The molecular formula is C16H27N3O2. The Labute approximate surface area is 127 Å². The monoisotopic (exact) mass is 293 g/mol. The first-order valence-electron chi connectivity index (χ1n) is 7.37. The molecule has 0 unspecified atom stereocenters. The molecule has 0 aliphatic carbocycles. The normalized spacial score (nSPS) is 12.2. The molecule has 0 aliphatic heterocycles. The van der Waals surface area contributed by atoms with Gasteiger partial charge >= 0.3 is 6.03 Å². The number of hydrogen-bond acceptors (Lipinski definition) is 3. The molecule has 1 aromatic carbocycles. The van der Waals surface area contributed by atoms with Crippen LogP contribution in [0.3, 0.4) is 0 Å². The fraction of sp³-hybridized carbons (Fsp3) is 0.562. The first-order chi connectivity index (χ1) is 10.0. The Kier molecular flexibility index (Phi) is 7.79. The van der Waals surface area contributed by atoms with Crippen molar-refractivity contribution in [3.8, 4) is 0 Å². The van der Waals surface area contributed by atoms with E-state index in [9.17, 15) is 9.90 Å². The van der Waals surface area contributed by atoms with Gasteiger partial charge in [-0.2, -0.15) is 0 Å². The highest BCUT2D eigenvalue weighted by molar-refractivity contribution is 5.73. The maximum absolute atomic E-state index is 11.9. The standard InChI is InChI=1S/C16H27N3O2/c1-18(2)12-7-11-17-16(21)19(3)13-10-15(20)14-8-5-4-6-9-14/h4-6,8-9,15,20H,7,10-13H2,1-3H3,(H,17,21)/t15-/m0/s1. The van der Waals surface area contributed by atoms with Gasteiger partial charge in [0.2, 0.25) is 0 Å². The van der Waals surface area contributed by atoms with Crippen LogP contribution in [0.1, 0.15) is 24.5 Å². The SMILES string of the molecule is CN(C)CCCNC(=O)N(C)CC[C@H](O)c1ccccc1. The summed E-state index contributed by atoms with van der Waals surface area (Å²) in [6.07, 6.45) is 0.931. The van der Waals surface area contributed by atoms with Crippen LogP contribution in [-0.2, 0) is 0 Å². The number of carbonyl (C=O) groups excluding carboxylic acids is 1. The largest absolute Gasteiger partial charge is 0.388 e. The zero-order valence-electron chi connectivity index (χ0n) is 13.2. The van der Waals surface area contributed by atoms with E-state index < -0.39 is 6.10 Å². The van der Waals surface area contributed by atoms with Gasteiger partial charge in [-0.1, -0.05) is 30.3 Å². The van der Waals surface area contributed by atoms with Crippen molar-refractivity contribution in [3.05, 3.63) is 35.9 Å². The number of aliphatic hydroxyl groups is 1. The number of urea groups is 1. The van der Waals surface area contributed by atoms with Crippen molar-refractivity contribution in [1.82, 2.24) is 15.1 Å². The molecule has 0 spiro atoms. The molecule has 2 amide bonds. The number of amides is 2. The average molecular weight is 293 g/mol. The van der Waals surface area contributed by atoms with E-state index in [0.29, 0.717) is 19.5 Å². The quantitative estimate of drug-likeness (QED) is 0.717. The summed E-state index contributed by atoms with van der Waals surface area (Å²) in [5, 5.41) is 12.9. The average Bonchev–Trinajstić information content (AvgIpc) is 2.49. The van der Waals surface area contributed by atoms with Crippen LogP contribution in [-0.4, -0.2) is 61.7 Å². The van der Waals surface area contributed by atoms with Gasteiger partial charge in [-0.05, 0) is 39.0 Å². The molecular weight excluding hydrogens is 266 g/mol. The van der Waals surface area contributed by atoms with Crippen molar-refractivity contribution in [2.24, 2.45) is 0 Å². The van der Waals surface area contributed by atoms with Crippen molar-refractivity contribution in [2.75, 3.05) is 40.8 Å².